The van der Waals surface area contributed by atoms with E-state index in [2.05, 4.69) is 5.10 Å². The number of hydrogen-bond acceptors (Lipinski definition) is 4. The summed E-state index contributed by atoms with van der Waals surface area (Å²) in [6.45, 7) is 0. The number of hydrogen-bond donors (Lipinski definition) is 1. The lowest BCUT2D eigenvalue weighted by molar-refractivity contribution is -0.141. The molecule has 0 fully saturated rings. The number of alkyl halides is 3. The lowest BCUT2D eigenvalue weighted by Crippen LogP contribution is -2.16. The molecule has 3 aromatic rings. The number of primary sulfonamides is 1. The van der Waals surface area contributed by atoms with Gasteiger partial charge in [-0.2, -0.15) is 18.3 Å². The molecule has 0 amide bonds. The molecule has 1 aromatic carbocycles. The van der Waals surface area contributed by atoms with Crippen LogP contribution in [0.5, 0.6) is 0 Å². The van der Waals surface area contributed by atoms with Crippen LogP contribution in [0.15, 0.2) is 51.8 Å². The summed E-state index contributed by atoms with van der Waals surface area (Å²) in [7, 11) is -4.20. The first-order chi connectivity index (χ1) is 11.6. The standard InChI is InChI=1S/C14H9ClF3N3O3S/c15-13-6-5-10(24-13)9-7-12(14(16,17)18)20-21(9)8-3-1-2-4-11(8)25(19,22)23/h1-7H,(H2,19,22,23). The summed E-state index contributed by atoms with van der Waals surface area (Å²) in [4.78, 5) is -0.384. The number of aromatic nitrogens is 2. The van der Waals surface area contributed by atoms with Crippen LogP contribution < -0.4 is 5.14 Å². The molecule has 2 aromatic heterocycles. The Balaban J connectivity index is 2.32. The van der Waals surface area contributed by atoms with E-state index in [4.69, 9.17) is 21.2 Å². The first-order valence-corrected chi connectivity index (χ1v) is 8.55. The number of benzene rings is 1. The third-order valence-corrected chi connectivity index (χ3v) is 4.39. The molecule has 6 nitrogen and oxygen atoms in total. The van der Waals surface area contributed by atoms with E-state index in [9.17, 15) is 21.6 Å². The second kappa shape index (κ2) is 5.90. The van der Waals surface area contributed by atoms with Crippen molar-refractivity contribution < 1.29 is 26.0 Å². The van der Waals surface area contributed by atoms with Gasteiger partial charge in [0.1, 0.15) is 10.6 Å². The average molecular weight is 392 g/mol. The van der Waals surface area contributed by atoms with Gasteiger partial charge in [-0.05, 0) is 35.9 Å². The third-order valence-electron chi connectivity index (χ3n) is 3.23. The molecular weight excluding hydrogens is 383 g/mol. The van der Waals surface area contributed by atoms with Gasteiger partial charge in [-0.15, -0.1) is 0 Å². The zero-order valence-electron chi connectivity index (χ0n) is 12.2. The van der Waals surface area contributed by atoms with Gasteiger partial charge in [0, 0.05) is 6.07 Å². The smallest absolute Gasteiger partial charge is 0.435 e. The van der Waals surface area contributed by atoms with Gasteiger partial charge in [-0.3, -0.25) is 0 Å². The van der Waals surface area contributed by atoms with Crippen molar-refractivity contribution in [2.24, 2.45) is 5.14 Å². The molecule has 0 saturated heterocycles. The highest BCUT2D eigenvalue weighted by molar-refractivity contribution is 7.89. The maximum absolute atomic E-state index is 13.1. The minimum absolute atomic E-state index is 0.0165. The summed E-state index contributed by atoms with van der Waals surface area (Å²) in [5.41, 5.74) is -1.50. The van der Waals surface area contributed by atoms with E-state index >= 15 is 0 Å². The normalized spacial score (nSPS) is 12.5. The second-order valence-corrected chi connectivity index (χ2v) is 6.84. The van der Waals surface area contributed by atoms with Crippen molar-refractivity contribution in [3.05, 3.63) is 53.4 Å². The summed E-state index contributed by atoms with van der Waals surface area (Å²) in [6.07, 6.45) is -4.74. The molecule has 2 heterocycles. The molecule has 3 rings (SSSR count). The van der Waals surface area contributed by atoms with Gasteiger partial charge in [-0.1, -0.05) is 12.1 Å². The quantitative estimate of drug-likeness (QED) is 0.740. The Hall–Kier alpha value is -2.30. The van der Waals surface area contributed by atoms with Crippen molar-refractivity contribution >= 4 is 21.6 Å². The van der Waals surface area contributed by atoms with E-state index in [0.717, 1.165) is 10.7 Å². The molecule has 0 spiro atoms. The highest BCUT2D eigenvalue weighted by Gasteiger charge is 2.36. The zero-order valence-corrected chi connectivity index (χ0v) is 13.7. The number of halogens is 4. The van der Waals surface area contributed by atoms with E-state index < -0.39 is 21.9 Å². The first-order valence-electron chi connectivity index (χ1n) is 6.62. The van der Waals surface area contributed by atoms with Gasteiger partial charge < -0.3 is 4.42 Å². The molecular formula is C14H9ClF3N3O3S. The van der Waals surface area contributed by atoms with Crippen molar-refractivity contribution in [1.82, 2.24) is 9.78 Å². The van der Waals surface area contributed by atoms with Crippen molar-refractivity contribution in [2.45, 2.75) is 11.1 Å². The van der Waals surface area contributed by atoms with E-state index in [-0.39, 0.29) is 27.3 Å². The van der Waals surface area contributed by atoms with Gasteiger partial charge in [0.15, 0.2) is 16.7 Å². The topological polar surface area (TPSA) is 91.1 Å². The fourth-order valence-electron chi connectivity index (χ4n) is 2.20. The SMILES string of the molecule is NS(=O)(=O)c1ccccc1-n1nc(C(F)(F)F)cc1-c1ccc(Cl)o1. The van der Waals surface area contributed by atoms with Crippen molar-refractivity contribution in [2.75, 3.05) is 0 Å². The highest BCUT2D eigenvalue weighted by Crippen LogP contribution is 2.35. The molecule has 0 aliphatic carbocycles. The molecule has 0 unspecified atom stereocenters. The first kappa shape index (κ1) is 17.5. The van der Waals surface area contributed by atoms with Gasteiger partial charge in [0.25, 0.3) is 0 Å². The molecule has 0 atom stereocenters. The second-order valence-electron chi connectivity index (χ2n) is 4.94. The maximum atomic E-state index is 13.1. The predicted molar refractivity (Wildman–Crippen MR) is 82.7 cm³/mol. The van der Waals surface area contributed by atoms with E-state index in [1.807, 2.05) is 0 Å². The number of rotatable bonds is 3. The van der Waals surface area contributed by atoms with Crippen molar-refractivity contribution in [3.8, 4) is 17.1 Å². The molecule has 0 aliphatic rings. The Morgan fingerprint density at radius 3 is 2.40 bits per heavy atom. The van der Waals surface area contributed by atoms with Crippen LogP contribution in [0.1, 0.15) is 5.69 Å². The fourth-order valence-corrected chi connectivity index (χ4v) is 3.06. The van der Waals surface area contributed by atoms with Gasteiger partial charge in [-0.25, -0.2) is 18.2 Å². The largest absolute Gasteiger partial charge is 0.443 e. The zero-order chi connectivity index (χ0) is 18.4. The van der Waals surface area contributed by atoms with E-state index in [1.165, 1.54) is 36.4 Å². The Morgan fingerprint density at radius 2 is 1.84 bits per heavy atom. The summed E-state index contributed by atoms with van der Waals surface area (Å²) < 4.78 is 68.7. The van der Waals surface area contributed by atoms with Gasteiger partial charge in [0.2, 0.25) is 10.0 Å². The minimum Gasteiger partial charge on any atom is -0.443 e. The Morgan fingerprint density at radius 1 is 1.16 bits per heavy atom. The molecule has 2 N–H and O–H groups in total. The third kappa shape index (κ3) is 3.41. The molecule has 0 bridgehead atoms. The molecule has 11 heteroatoms. The van der Waals surface area contributed by atoms with E-state index in [1.54, 1.807) is 0 Å². The van der Waals surface area contributed by atoms with Crippen LogP contribution in [-0.4, -0.2) is 18.2 Å². The van der Waals surface area contributed by atoms with Crippen LogP contribution in [0.4, 0.5) is 13.2 Å². The predicted octanol–water partition coefficient (Wildman–Crippen LogP) is 3.45. The molecule has 0 aliphatic heterocycles. The number of nitrogens with zero attached hydrogens (tertiary/aromatic N) is 2. The minimum atomic E-state index is -4.74. The molecule has 132 valence electrons. The van der Waals surface area contributed by atoms with Crippen molar-refractivity contribution in [1.29, 1.82) is 0 Å². The Labute approximate surface area is 144 Å². The number of sulfonamides is 1. The van der Waals surface area contributed by atoms with Crippen LogP contribution in [-0.2, 0) is 16.2 Å². The van der Waals surface area contributed by atoms with Gasteiger partial charge >= 0.3 is 6.18 Å². The maximum Gasteiger partial charge on any atom is 0.435 e. The average Bonchev–Trinajstić information content (AvgIpc) is 3.11. The van der Waals surface area contributed by atoms with Crippen LogP contribution in [0.2, 0.25) is 5.22 Å². The van der Waals surface area contributed by atoms with Crippen LogP contribution in [0.3, 0.4) is 0 Å². The summed E-state index contributed by atoms with van der Waals surface area (Å²) in [5.74, 6) is -0.0165. The summed E-state index contributed by atoms with van der Waals surface area (Å²) in [6, 6.07) is 8.69. The highest BCUT2D eigenvalue weighted by atomic mass is 35.5. The van der Waals surface area contributed by atoms with Crippen LogP contribution in [0.25, 0.3) is 17.1 Å². The monoisotopic (exact) mass is 391 g/mol. The fraction of sp³-hybridized carbons (Fsp3) is 0.0714. The summed E-state index contributed by atoms with van der Waals surface area (Å²) >= 11 is 5.67. The number of para-hydroxylation sites is 1. The number of furan rings is 1. The number of nitrogens with two attached hydrogens (primary N) is 1. The van der Waals surface area contributed by atoms with Crippen LogP contribution >= 0.6 is 11.6 Å². The van der Waals surface area contributed by atoms with E-state index in [0.29, 0.717) is 0 Å². The molecule has 25 heavy (non-hydrogen) atoms. The van der Waals surface area contributed by atoms with Crippen molar-refractivity contribution in [3.63, 3.8) is 0 Å². The Bertz CT molecular complexity index is 1040. The lowest BCUT2D eigenvalue weighted by atomic mass is 10.2. The molecule has 0 radical (unpaired) electrons. The van der Waals surface area contributed by atoms with Gasteiger partial charge in [0.05, 0.1) is 5.69 Å². The summed E-state index contributed by atoms with van der Waals surface area (Å²) in [5, 5.41) is 8.58. The lowest BCUT2D eigenvalue weighted by Gasteiger charge is -2.10. The van der Waals surface area contributed by atoms with Crippen LogP contribution in [0, 0.1) is 0 Å². The Kier molecular flexibility index (Phi) is 4.13. The molecule has 0 saturated carbocycles.